The zero-order chi connectivity index (χ0) is 29.6. The molecule has 3 aromatic rings. The van der Waals surface area contributed by atoms with Crippen molar-refractivity contribution in [1.29, 1.82) is 0 Å². The van der Waals surface area contributed by atoms with Gasteiger partial charge in [-0.2, -0.15) is 0 Å². The fourth-order valence-corrected chi connectivity index (χ4v) is 5.43. The molecular weight excluding hydrogens is 556 g/mol. The minimum atomic E-state index is -0.560. The highest BCUT2D eigenvalue weighted by atomic mass is 32.2. The van der Waals surface area contributed by atoms with E-state index in [1.807, 2.05) is 48.5 Å². The van der Waals surface area contributed by atoms with E-state index in [1.54, 1.807) is 35.7 Å². The average molecular weight is 595 g/mol. The zero-order valence-electron chi connectivity index (χ0n) is 23.5. The van der Waals surface area contributed by atoms with Crippen LogP contribution in [0.5, 0.6) is 0 Å². The van der Waals surface area contributed by atoms with E-state index in [4.69, 9.17) is 14.7 Å². The van der Waals surface area contributed by atoms with Gasteiger partial charge in [-0.1, -0.05) is 73.1 Å². The first-order valence-corrected chi connectivity index (χ1v) is 15.2. The summed E-state index contributed by atoms with van der Waals surface area (Å²) in [6.45, 7) is 0.423. The van der Waals surface area contributed by atoms with Crippen LogP contribution in [-0.4, -0.2) is 44.0 Å². The Bertz CT molecular complexity index is 1250. The van der Waals surface area contributed by atoms with Crippen LogP contribution in [0.3, 0.4) is 0 Å². The van der Waals surface area contributed by atoms with E-state index < -0.39 is 6.29 Å². The van der Waals surface area contributed by atoms with Crippen molar-refractivity contribution in [3.8, 4) is 0 Å². The van der Waals surface area contributed by atoms with Crippen molar-refractivity contribution in [1.82, 2.24) is 20.8 Å². The number of hydrogen-bond acceptors (Lipinski definition) is 9. The van der Waals surface area contributed by atoms with Gasteiger partial charge in [0.05, 0.1) is 18.8 Å². The van der Waals surface area contributed by atoms with Crippen LogP contribution in [0.1, 0.15) is 79.6 Å². The Morgan fingerprint density at radius 1 is 0.857 bits per heavy atom. The minimum Gasteiger partial charge on any atom is -0.392 e. The topological polar surface area (TPSA) is 143 Å². The third-order valence-electron chi connectivity index (χ3n) is 6.98. The number of aromatic nitrogens is 2. The van der Waals surface area contributed by atoms with E-state index in [0.29, 0.717) is 36.7 Å². The molecule has 1 aliphatic heterocycles. The third kappa shape index (κ3) is 10.2. The Balaban J connectivity index is 1.30. The maximum atomic E-state index is 12.3. The second-order valence-corrected chi connectivity index (χ2v) is 11.1. The van der Waals surface area contributed by atoms with Crippen LogP contribution in [0.25, 0.3) is 0 Å². The molecule has 0 unspecified atom stereocenters. The number of hydroxylamine groups is 1. The highest BCUT2D eigenvalue weighted by molar-refractivity contribution is 7.99. The van der Waals surface area contributed by atoms with Crippen LogP contribution in [0.2, 0.25) is 0 Å². The molecule has 42 heavy (non-hydrogen) atoms. The summed E-state index contributed by atoms with van der Waals surface area (Å²) in [6.07, 6.45) is 7.15. The molecule has 0 radical (unpaired) electrons. The van der Waals surface area contributed by atoms with E-state index in [1.165, 1.54) is 0 Å². The highest BCUT2D eigenvalue weighted by Crippen LogP contribution is 2.39. The number of nitrogens with one attached hydrogen (secondary N) is 2. The molecule has 2 amide bonds. The van der Waals surface area contributed by atoms with Crippen LogP contribution >= 0.6 is 11.8 Å². The molecule has 2 heterocycles. The molecule has 1 aliphatic rings. The molecule has 1 fully saturated rings. The first kappa shape index (κ1) is 31.6. The number of ether oxygens (including phenoxy) is 2. The van der Waals surface area contributed by atoms with Crippen LogP contribution < -0.4 is 10.8 Å². The van der Waals surface area contributed by atoms with Crippen molar-refractivity contribution in [2.24, 2.45) is 0 Å². The van der Waals surface area contributed by atoms with Crippen molar-refractivity contribution in [2.75, 3.05) is 5.75 Å². The largest absolute Gasteiger partial charge is 0.392 e. The van der Waals surface area contributed by atoms with Crippen LogP contribution in [0, 0.1) is 0 Å². The second-order valence-electron chi connectivity index (χ2n) is 10.2. The smallest absolute Gasteiger partial charge is 0.243 e. The van der Waals surface area contributed by atoms with Gasteiger partial charge in [-0.25, -0.2) is 15.4 Å². The van der Waals surface area contributed by atoms with Crippen molar-refractivity contribution in [2.45, 2.75) is 81.8 Å². The Morgan fingerprint density at radius 2 is 1.50 bits per heavy atom. The van der Waals surface area contributed by atoms with Gasteiger partial charge >= 0.3 is 0 Å². The number of nitrogens with zero attached hydrogens (tertiary/aromatic N) is 2. The maximum absolute atomic E-state index is 12.3. The van der Waals surface area contributed by atoms with Crippen LogP contribution in [0.4, 0.5) is 0 Å². The molecule has 0 aliphatic carbocycles. The van der Waals surface area contributed by atoms with Gasteiger partial charge in [-0.15, -0.1) is 0 Å². The summed E-state index contributed by atoms with van der Waals surface area (Å²) in [4.78, 5) is 31.9. The molecule has 1 aromatic heterocycles. The summed E-state index contributed by atoms with van der Waals surface area (Å²) >= 11 is 1.55. The molecule has 0 spiro atoms. The summed E-state index contributed by atoms with van der Waals surface area (Å²) in [7, 11) is 0. The fraction of sp³-hybridized carbons (Fsp3) is 0.419. The first-order valence-electron chi connectivity index (χ1n) is 14.2. The Hall–Kier alpha value is -3.35. The van der Waals surface area contributed by atoms with E-state index in [0.717, 1.165) is 41.5 Å². The predicted molar refractivity (Wildman–Crippen MR) is 157 cm³/mol. The van der Waals surface area contributed by atoms with Gasteiger partial charge in [0.25, 0.3) is 0 Å². The molecule has 224 valence electrons. The molecule has 4 N–H and O–H groups in total. The number of amides is 2. The first-order chi connectivity index (χ1) is 20.5. The number of carbonyl (C=O) groups excluding carboxylic acids is 2. The molecule has 3 atom stereocenters. The normalized spacial score (nSPS) is 18.4. The number of carbonyl (C=O) groups is 2. The molecule has 0 saturated carbocycles. The predicted octanol–water partition coefficient (Wildman–Crippen LogP) is 4.77. The van der Waals surface area contributed by atoms with E-state index in [9.17, 15) is 14.7 Å². The molecule has 11 heteroatoms. The molecular formula is C31H38N4O6S. The van der Waals surface area contributed by atoms with E-state index >= 15 is 0 Å². The second kappa shape index (κ2) is 16.9. The van der Waals surface area contributed by atoms with Gasteiger partial charge in [-0.3, -0.25) is 14.8 Å². The Morgan fingerprint density at radius 3 is 2.17 bits per heavy atom. The third-order valence-corrected chi connectivity index (χ3v) is 7.99. The van der Waals surface area contributed by atoms with Crippen molar-refractivity contribution >= 4 is 23.6 Å². The Kier molecular flexibility index (Phi) is 12.7. The molecule has 4 rings (SSSR count). The van der Waals surface area contributed by atoms with Crippen molar-refractivity contribution in [3.63, 3.8) is 0 Å². The lowest BCUT2D eigenvalue weighted by atomic mass is 10.0. The molecule has 1 saturated heterocycles. The molecule has 0 bridgehead atoms. The number of aliphatic hydroxyl groups excluding tert-OH is 1. The van der Waals surface area contributed by atoms with Gasteiger partial charge in [0.1, 0.15) is 0 Å². The van der Waals surface area contributed by atoms with E-state index in [-0.39, 0.29) is 37.0 Å². The van der Waals surface area contributed by atoms with Gasteiger partial charge < -0.3 is 19.9 Å². The maximum Gasteiger partial charge on any atom is 0.243 e. The number of rotatable bonds is 15. The number of thioether (sulfide) groups is 1. The van der Waals surface area contributed by atoms with Crippen molar-refractivity contribution < 1.29 is 29.4 Å². The van der Waals surface area contributed by atoms with Gasteiger partial charge in [0.2, 0.25) is 11.8 Å². The van der Waals surface area contributed by atoms with Crippen molar-refractivity contribution in [3.05, 3.63) is 89.2 Å². The number of aliphatic hydroxyl groups is 1. The standard InChI is InChI=1S/C31H38N4O6S/c36-20-23-10-12-24(13-11-23)27-18-26(21-42-31-32-16-5-17-33-31)40-30(41-27)25-14-8-22(9-15-25)19-34-28(37)6-3-1-2-4-7-29(38)35-39/h5,8-17,26-27,30,36,39H,1-4,6-7,18-21H2,(H,34,37)(H,35,38)/t26-,27+,30+/m0/s1. The SMILES string of the molecule is O=C(CCCCCCC(=O)NCc1ccc([C@@H]2O[C@H](CSc3ncccn3)C[C@H](c3ccc(CO)cc3)O2)cc1)NO. The molecule has 10 nitrogen and oxygen atoms in total. The Labute approximate surface area is 250 Å². The zero-order valence-corrected chi connectivity index (χ0v) is 24.3. The summed E-state index contributed by atoms with van der Waals surface area (Å²) in [5.74, 6) is 0.284. The lowest BCUT2D eigenvalue weighted by Gasteiger charge is -2.36. The lowest BCUT2D eigenvalue weighted by molar-refractivity contribution is -0.245. The summed E-state index contributed by atoms with van der Waals surface area (Å²) < 4.78 is 12.8. The highest BCUT2D eigenvalue weighted by Gasteiger charge is 2.32. The van der Waals surface area contributed by atoms with Crippen LogP contribution in [-0.2, 0) is 32.2 Å². The summed E-state index contributed by atoms with van der Waals surface area (Å²) in [5.41, 5.74) is 5.37. The fourth-order valence-electron chi connectivity index (χ4n) is 4.61. The quantitative estimate of drug-likeness (QED) is 0.0643. The number of benzene rings is 2. The minimum absolute atomic E-state index is 0.00588. The lowest BCUT2D eigenvalue weighted by Crippen LogP contribution is -2.31. The summed E-state index contributed by atoms with van der Waals surface area (Å²) in [6, 6.07) is 17.5. The van der Waals surface area contributed by atoms with E-state index in [2.05, 4.69) is 15.3 Å². The molecule has 2 aromatic carbocycles. The number of hydrogen-bond donors (Lipinski definition) is 4. The summed E-state index contributed by atoms with van der Waals surface area (Å²) in [5, 5.41) is 21.6. The monoisotopic (exact) mass is 594 g/mol. The van der Waals surface area contributed by atoms with Gasteiger partial charge in [0, 0.05) is 49.5 Å². The van der Waals surface area contributed by atoms with Gasteiger partial charge in [0.15, 0.2) is 11.4 Å². The van der Waals surface area contributed by atoms with Crippen LogP contribution in [0.15, 0.2) is 72.1 Å². The number of unbranched alkanes of at least 4 members (excludes halogenated alkanes) is 3. The average Bonchev–Trinajstić information content (AvgIpc) is 3.04. The van der Waals surface area contributed by atoms with Gasteiger partial charge in [-0.05, 0) is 35.6 Å².